The third-order valence-corrected chi connectivity index (χ3v) is 7.27. The van der Waals surface area contributed by atoms with Crippen molar-refractivity contribution in [1.82, 2.24) is 14.5 Å². The minimum Gasteiger partial charge on any atom is -0.388 e. The van der Waals surface area contributed by atoms with Crippen LogP contribution in [0.4, 0.5) is 0 Å². The molecule has 1 aliphatic rings. The van der Waals surface area contributed by atoms with Gasteiger partial charge in [0.15, 0.2) is 0 Å². The molecule has 1 saturated heterocycles. The number of hydrogen-bond donors (Lipinski definition) is 1. The monoisotopic (exact) mass is 481 g/mol. The number of aromatic nitrogens is 2. The minimum atomic E-state index is -1.06. The Morgan fingerprint density at radius 2 is 1.58 bits per heavy atom. The predicted octanol–water partition coefficient (Wildman–Crippen LogP) is 4.28. The molecule has 0 atom stereocenters. The number of carbonyl (C=O) groups is 1. The molecule has 1 aliphatic heterocycles. The molecule has 0 bridgehead atoms. The Bertz CT molecular complexity index is 1370. The van der Waals surface area contributed by atoms with Crippen LogP contribution in [-0.4, -0.2) is 44.2 Å². The molecule has 6 heteroatoms. The second-order valence-electron chi connectivity index (χ2n) is 9.88. The summed E-state index contributed by atoms with van der Waals surface area (Å²) >= 11 is 0. The fourth-order valence-electron chi connectivity index (χ4n) is 5.13. The van der Waals surface area contributed by atoms with E-state index in [0.717, 1.165) is 16.7 Å². The van der Waals surface area contributed by atoms with E-state index in [0.29, 0.717) is 43.3 Å². The molecule has 5 rings (SSSR count). The van der Waals surface area contributed by atoms with Crippen LogP contribution in [0.15, 0.2) is 90.0 Å². The Hall–Kier alpha value is -3.77. The number of carbonyl (C=O) groups excluding carboxylic acids is 1. The maximum atomic E-state index is 13.3. The van der Waals surface area contributed by atoms with Crippen LogP contribution in [0.5, 0.6) is 0 Å². The topological polar surface area (TPSA) is 75.4 Å². The quantitative estimate of drug-likeness (QED) is 0.446. The van der Waals surface area contributed by atoms with Gasteiger partial charge in [-0.3, -0.25) is 14.2 Å². The summed E-state index contributed by atoms with van der Waals surface area (Å²) in [6.07, 6.45) is 2.72. The van der Waals surface area contributed by atoms with Crippen molar-refractivity contribution in [3.05, 3.63) is 112 Å². The molecule has 1 amide bonds. The molecule has 1 aromatic heterocycles. The Kier molecular flexibility index (Phi) is 6.70. The highest BCUT2D eigenvalue weighted by molar-refractivity contribution is 5.78. The lowest BCUT2D eigenvalue weighted by molar-refractivity contribution is -0.136. The van der Waals surface area contributed by atoms with Crippen LogP contribution in [0, 0.1) is 6.92 Å². The maximum absolute atomic E-state index is 13.3. The van der Waals surface area contributed by atoms with Gasteiger partial charge < -0.3 is 10.0 Å². The molecule has 3 aromatic carbocycles. The third kappa shape index (κ3) is 5.09. The second kappa shape index (κ2) is 10.1. The number of hydrogen-bond acceptors (Lipinski definition) is 4. The maximum Gasteiger partial charge on any atom is 0.261 e. The number of amides is 1. The normalized spacial score (nSPS) is 15.4. The van der Waals surface area contributed by atoms with Gasteiger partial charge in [-0.1, -0.05) is 66.7 Å². The van der Waals surface area contributed by atoms with Crippen LogP contribution in [0.2, 0.25) is 0 Å². The highest BCUT2D eigenvalue weighted by Crippen LogP contribution is 2.30. The molecule has 0 saturated carbocycles. The van der Waals surface area contributed by atoms with E-state index in [1.165, 1.54) is 10.9 Å². The van der Waals surface area contributed by atoms with Gasteiger partial charge in [0.1, 0.15) is 0 Å². The summed E-state index contributed by atoms with van der Waals surface area (Å²) in [6, 6.07) is 25.8. The summed E-state index contributed by atoms with van der Waals surface area (Å²) in [4.78, 5) is 32.6. The third-order valence-electron chi connectivity index (χ3n) is 7.27. The van der Waals surface area contributed by atoms with E-state index in [9.17, 15) is 14.7 Å². The van der Waals surface area contributed by atoms with E-state index in [1.807, 2.05) is 60.4 Å². The molecule has 0 aliphatic carbocycles. The van der Waals surface area contributed by atoms with Crippen molar-refractivity contribution in [3.63, 3.8) is 0 Å². The van der Waals surface area contributed by atoms with Crippen LogP contribution >= 0.6 is 0 Å². The van der Waals surface area contributed by atoms with Gasteiger partial charge in [-0.2, -0.15) is 0 Å². The molecule has 1 N–H and O–H groups in total. The smallest absolute Gasteiger partial charge is 0.261 e. The Morgan fingerprint density at radius 1 is 0.972 bits per heavy atom. The number of aryl methyl sites for hydroxylation is 1. The molecule has 6 nitrogen and oxygen atoms in total. The van der Waals surface area contributed by atoms with Crippen LogP contribution in [0.25, 0.3) is 10.9 Å². The predicted molar refractivity (Wildman–Crippen MR) is 141 cm³/mol. The molecule has 1 fully saturated rings. The fourth-order valence-corrected chi connectivity index (χ4v) is 5.13. The molecule has 184 valence electrons. The van der Waals surface area contributed by atoms with Gasteiger partial charge in [0.2, 0.25) is 5.91 Å². The fraction of sp³-hybridized carbons (Fsp3) is 0.300. The number of piperidine rings is 1. The molecular formula is C30H31N3O3. The number of benzene rings is 3. The highest BCUT2D eigenvalue weighted by Gasteiger charge is 2.35. The molecule has 36 heavy (non-hydrogen) atoms. The van der Waals surface area contributed by atoms with E-state index < -0.39 is 5.60 Å². The van der Waals surface area contributed by atoms with E-state index in [-0.39, 0.29) is 23.9 Å². The van der Waals surface area contributed by atoms with Crippen molar-refractivity contribution in [2.45, 2.75) is 44.2 Å². The zero-order chi connectivity index (χ0) is 25.1. The van der Waals surface area contributed by atoms with Gasteiger partial charge >= 0.3 is 0 Å². The van der Waals surface area contributed by atoms with Gasteiger partial charge in [-0.15, -0.1) is 0 Å². The number of aliphatic hydroxyl groups is 1. The van der Waals surface area contributed by atoms with Gasteiger partial charge in [0.25, 0.3) is 5.56 Å². The van der Waals surface area contributed by atoms with Crippen LogP contribution < -0.4 is 5.56 Å². The van der Waals surface area contributed by atoms with Gasteiger partial charge in [-0.05, 0) is 48.6 Å². The first kappa shape index (κ1) is 23.9. The first-order valence-electron chi connectivity index (χ1n) is 12.5. The van der Waals surface area contributed by atoms with Crippen molar-refractivity contribution in [1.29, 1.82) is 0 Å². The Balaban J connectivity index is 1.27. The van der Waals surface area contributed by atoms with E-state index >= 15 is 0 Å². The first-order valence-corrected chi connectivity index (χ1v) is 12.5. The zero-order valence-electron chi connectivity index (χ0n) is 20.5. The summed E-state index contributed by atoms with van der Waals surface area (Å²) < 4.78 is 1.50. The Labute approximate surface area is 210 Å². The molecule has 0 spiro atoms. The van der Waals surface area contributed by atoms with E-state index in [4.69, 9.17) is 0 Å². The number of nitrogens with zero attached hydrogens (tertiary/aromatic N) is 3. The summed E-state index contributed by atoms with van der Waals surface area (Å²) in [5, 5.41) is 11.8. The van der Waals surface area contributed by atoms with E-state index in [1.54, 1.807) is 6.07 Å². The van der Waals surface area contributed by atoms with Crippen molar-refractivity contribution in [2.75, 3.05) is 13.1 Å². The van der Waals surface area contributed by atoms with Crippen molar-refractivity contribution < 1.29 is 9.90 Å². The average molecular weight is 482 g/mol. The van der Waals surface area contributed by atoms with Crippen LogP contribution in [0.3, 0.4) is 0 Å². The van der Waals surface area contributed by atoms with Crippen LogP contribution in [0.1, 0.15) is 41.9 Å². The molecule has 0 radical (unpaired) electrons. The second-order valence-corrected chi connectivity index (χ2v) is 9.88. The minimum absolute atomic E-state index is 0.0217. The van der Waals surface area contributed by atoms with Crippen molar-refractivity contribution in [2.24, 2.45) is 0 Å². The zero-order valence-corrected chi connectivity index (χ0v) is 20.5. The lowest BCUT2D eigenvalue weighted by atomic mass is 9.87. The summed E-state index contributed by atoms with van der Waals surface area (Å²) in [5.41, 5.74) is 2.73. The van der Waals surface area contributed by atoms with Gasteiger partial charge in [0, 0.05) is 25.4 Å². The number of rotatable bonds is 6. The molecule has 2 heterocycles. The lowest BCUT2D eigenvalue weighted by Crippen LogP contribution is -2.49. The standard InChI is InChI=1S/C30H31N3O3/c1-22-12-13-25-27(18-22)31-21-33(29(25)35)20-30(36)14-16-32(17-15-30)28(34)19-26(23-8-4-2-5-9-23)24-10-6-3-7-11-24/h2-13,18,21,26,36H,14-17,19-20H2,1H3. The summed E-state index contributed by atoms with van der Waals surface area (Å²) in [7, 11) is 0. The molecule has 0 unspecified atom stereocenters. The summed E-state index contributed by atoms with van der Waals surface area (Å²) in [5.74, 6) is 0.0567. The SMILES string of the molecule is Cc1ccc2c(=O)n(CC3(O)CCN(C(=O)CC(c4ccccc4)c4ccccc4)CC3)cnc2c1. The van der Waals surface area contributed by atoms with Crippen molar-refractivity contribution in [3.8, 4) is 0 Å². The Morgan fingerprint density at radius 3 is 2.19 bits per heavy atom. The number of likely N-dealkylation sites (tertiary alicyclic amines) is 1. The van der Waals surface area contributed by atoms with Gasteiger partial charge in [0.05, 0.1) is 29.4 Å². The molecular weight excluding hydrogens is 450 g/mol. The van der Waals surface area contributed by atoms with Crippen LogP contribution in [-0.2, 0) is 11.3 Å². The van der Waals surface area contributed by atoms with Crippen molar-refractivity contribution >= 4 is 16.8 Å². The van der Waals surface area contributed by atoms with E-state index in [2.05, 4.69) is 29.2 Å². The van der Waals surface area contributed by atoms with Gasteiger partial charge in [-0.25, -0.2) is 4.98 Å². The largest absolute Gasteiger partial charge is 0.388 e. The summed E-state index contributed by atoms with van der Waals surface area (Å²) in [6.45, 7) is 3.05. The first-order chi connectivity index (χ1) is 17.4. The number of fused-ring (bicyclic) bond motifs is 1. The molecule has 4 aromatic rings. The highest BCUT2D eigenvalue weighted by atomic mass is 16.3. The average Bonchev–Trinajstić information content (AvgIpc) is 2.90. The lowest BCUT2D eigenvalue weighted by Gasteiger charge is -2.39.